The lowest BCUT2D eigenvalue weighted by atomic mass is 9.70. The highest BCUT2D eigenvalue weighted by atomic mass is 15.0. The number of rotatable bonds is 5. The van der Waals surface area contributed by atoms with Crippen molar-refractivity contribution in [2.45, 2.75) is 5.41 Å². The Balaban J connectivity index is 1.08. The number of nitrogens with zero attached hydrogens (tertiary/aromatic N) is 5. The first-order chi connectivity index (χ1) is 30.8. The lowest BCUT2D eigenvalue weighted by Gasteiger charge is -2.30. The van der Waals surface area contributed by atoms with Crippen molar-refractivity contribution in [3.05, 3.63) is 235 Å². The largest absolute Gasteiger partial charge is 0.299 e. The minimum atomic E-state index is -0.493. The second-order valence-corrected chi connectivity index (χ2v) is 16.1. The zero-order chi connectivity index (χ0) is 40.8. The van der Waals surface area contributed by atoms with Crippen LogP contribution in [0.5, 0.6) is 0 Å². The zero-order valence-electron chi connectivity index (χ0n) is 33.4. The normalized spacial score (nSPS) is 13.0. The molecule has 3 aromatic heterocycles. The molecular weight excluding hydrogens is 755 g/mol. The van der Waals surface area contributed by atoms with Gasteiger partial charge < -0.3 is 0 Å². The number of aromatic nitrogens is 5. The van der Waals surface area contributed by atoms with Crippen LogP contribution >= 0.6 is 0 Å². The minimum Gasteiger partial charge on any atom is -0.299 e. The van der Waals surface area contributed by atoms with E-state index in [1.807, 2.05) is 12.1 Å². The van der Waals surface area contributed by atoms with Gasteiger partial charge in [0, 0.05) is 34.0 Å². The number of fused-ring (bicyclic) bond motifs is 12. The summed E-state index contributed by atoms with van der Waals surface area (Å²) in [5.74, 6) is 1.82. The third-order valence-electron chi connectivity index (χ3n) is 12.9. The molecule has 0 atom stereocenters. The van der Waals surface area contributed by atoms with Gasteiger partial charge in [-0.2, -0.15) is 0 Å². The lowest BCUT2D eigenvalue weighted by Crippen LogP contribution is -2.25. The smallest absolute Gasteiger partial charge is 0.164 e. The predicted octanol–water partition coefficient (Wildman–Crippen LogP) is 13.4. The fraction of sp³-hybridized carbons (Fsp3) is 0.0175. The van der Waals surface area contributed by atoms with Crippen molar-refractivity contribution in [3.8, 4) is 78.9 Å². The van der Waals surface area contributed by atoms with Gasteiger partial charge in [0.15, 0.2) is 17.5 Å². The molecule has 0 bridgehead atoms. The summed E-state index contributed by atoms with van der Waals surface area (Å²) < 4.78 is 2.17. The lowest BCUT2D eigenvalue weighted by molar-refractivity contribution is 0.794. The third-order valence-corrected chi connectivity index (χ3v) is 12.9. The quantitative estimate of drug-likeness (QED) is 0.174. The first kappa shape index (κ1) is 34.6. The molecule has 0 radical (unpaired) electrons. The SMILES string of the molecule is c1ccc(-c2nc3ccccn3c2-c2ccccc2-c2nc(-c3ccc4c(c3)C3(c5ccccc5-c5ccccc53)c3ccccc3-4)nc(-c3cccc4ccccc34)n2)cc1. The average molecular weight is 790 g/mol. The molecule has 8 aromatic carbocycles. The molecule has 0 unspecified atom stereocenters. The maximum Gasteiger partial charge on any atom is 0.164 e. The van der Waals surface area contributed by atoms with Crippen LogP contribution < -0.4 is 0 Å². The van der Waals surface area contributed by atoms with Crippen LogP contribution in [0, 0.1) is 0 Å². The van der Waals surface area contributed by atoms with Crippen molar-refractivity contribution in [3.63, 3.8) is 0 Å². The zero-order valence-corrected chi connectivity index (χ0v) is 33.4. The monoisotopic (exact) mass is 789 g/mol. The van der Waals surface area contributed by atoms with Crippen LogP contribution in [0.4, 0.5) is 0 Å². The van der Waals surface area contributed by atoms with Crippen molar-refractivity contribution in [2.75, 3.05) is 0 Å². The van der Waals surface area contributed by atoms with E-state index in [1.165, 1.54) is 44.5 Å². The fourth-order valence-electron chi connectivity index (χ4n) is 10.3. The summed E-state index contributed by atoms with van der Waals surface area (Å²) in [5.41, 5.74) is 17.2. The summed E-state index contributed by atoms with van der Waals surface area (Å²) in [4.78, 5) is 21.4. The van der Waals surface area contributed by atoms with E-state index in [2.05, 4.69) is 205 Å². The Morgan fingerprint density at radius 3 is 1.60 bits per heavy atom. The van der Waals surface area contributed by atoms with Crippen molar-refractivity contribution in [1.29, 1.82) is 0 Å². The van der Waals surface area contributed by atoms with Gasteiger partial charge in [0.05, 0.1) is 16.8 Å². The van der Waals surface area contributed by atoms with E-state index in [4.69, 9.17) is 19.9 Å². The molecule has 0 N–H and O–H groups in total. The molecule has 3 heterocycles. The molecule has 288 valence electrons. The van der Waals surface area contributed by atoms with Gasteiger partial charge in [0.1, 0.15) is 5.65 Å². The molecule has 2 aliphatic rings. The van der Waals surface area contributed by atoms with Crippen LogP contribution in [-0.4, -0.2) is 24.3 Å². The summed E-state index contributed by atoms with van der Waals surface area (Å²) in [6.07, 6.45) is 2.08. The van der Waals surface area contributed by atoms with E-state index in [1.54, 1.807) is 0 Å². The Morgan fingerprint density at radius 2 is 0.871 bits per heavy atom. The molecule has 0 saturated heterocycles. The first-order valence-corrected chi connectivity index (χ1v) is 21.1. The van der Waals surface area contributed by atoms with Crippen LogP contribution in [-0.2, 0) is 5.41 Å². The predicted molar refractivity (Wildman–Crippen MR) is 250 cm³/mol. The van der Waals surface area contributed by atoms with Crippen molar-refractivity contribution in [2.24, 2.45) is 0 Å². The summed E-state index contributed by atoms with van der Waals surface area (Å²) in [6.45, 7) is 0. The maximum atomic E-state index is 5.46. The second-order valence-electron chi connectivity index (χ2n) is 16.1. The third kappa shape index (κ3) is 4.90. The van der Waals surface area contributed by atoms with Gasteiger partial charge >= 0.3 is 0 Å². The van der Waals surface area contributed by atoms with Gasteiger partial charge in [-0.15, -0.1) is 0 Å². The van der Waals surface area contributed by atoms with Gasteiger partial charge in [0.25, 0.3) is 0 Å². The Bertz CT molecular complexity index is 3530. The molecular formula is C57H35N5. The van der Waals surface area contributed by atoms with E-state index in [-0.39, 0.29) is 0 Å². The van der Waals surface area contributed by atoms with Crippen molar-refractivity contribution < 1.29 is 0 Å². The van der Waals surface area contributed by atoms with E-state index in [0.717, 1.165) is 55.6 Å². The van der Waals surface area contributed by atoms with Crippen molar-refractivity contribution in [1.82, 2.24) is 24.3 Å². The van der Waals surface area contributed by atoms with Crippen LogP contribution in [0.3, 0.4) is 0 Å². The molecule has 13 rings (SSSR count). The average Bonchev–Trinajstić information content (AvgIpc) is 3.98. The number of hydrogen-bond acceptors (Lipinski definition) is 4. The number of hydrogen-bond donors (Lipinski definition) is 0. The molecule has 0 aliphatic heterocycles. The highest BCUT2D eigenvalue weighted by Gasteiger charge is 2.51. The van der Waals surface area contributed by atoms with Gasteiger partial charge in [-0.05, 0) is 73.5 Å². The molecule has 62 heavy (non-hydrogen) atoms. The summed E-state index contributed by atoms with van der Waals surface area (Å²) in [7, 11) is 0. The van der Waals surface area contributed by atoms with E-state index < -0.39 is 5.41 Å². The second kappa shape index (κ2) is 13.4. The standard InChI is InChI=1S/C57H35N5/c1-2-18-37(19-3-1)52-53(62-34-15-14-31-51(62)58-52)44-25-6-7-26-46(44)56-60-54(59-55(61-56)45-27-16-20-36-17-4-5-21-39(36)45)38-32-33-43-42-24-10-13-30-49(42)57(50(43)35-38)47-28-11-8-22-40(47)41-23-9-12-29-48(41)57/h1-35H. The molecule has 0 amide bonds. The van der Waals surface area contributed by atoms with Crippen LogP contribution in [0.1, 0.15) is 22.3 Å². The molecule has 11 aromatic rings. The Labute approximate surface area is 358 Å². The number of pyridine rings is 1. The molecule has 0 saturated carbocycles. The van der Waals surface area contributed by atoms with E-state index >= 15 is 0 Å². The Kier molecular flexibility index (Phi) is 7.45. The summed E-state index contributed by atoms with van der Waals surface area (Å²) in [6, 6.07) is 73.3. The number of imidazole rings is 1. The molecule has 0 fully saturated rings. The highest BCUT2D eigenvalue weighted by molar-refractivity contribution is 5.98. The van der Waals surface area contributed by atoms with Crippen molar-refractivity contribution >= 4 is 16.4 Å². The van der Waals surface area contributed by atoms with Crippen LogP contribution in [0.2, 0.25) is 0 Å². The summed E-state index contributed by atoms with van der Waals surface area (Å²) in [5, 5.41) is 2.21. The van der Waals surface area contributed by atoms with Crippen LogP contribution in [0.15, 0.2) is 212 Å². The first-order valence-electron chi connectivity index (χ1n) is 21.1. The molecule has 5 nitrogen and oxygen atoms in total. The topological polar surface area (TPSA) is 56.0 Å². The van der Waals surface area contributed by atoms with Gasteiger partial charge in [-0.1, -0.05) is 188 Å². The Morgan fingerprint density at radius 1 is 0.339 bits per heavy atom. The number of benzene rings is 8. The van der Waals surface area contributed by atoms with E-state index in [0.29, 0.717) is 17.5 Å². The Hall–Kier alpha value is -8.28. The van der Waals surface area contributed by atoms with E-state index in [9.17, 15) is 0 Å². The summed E-state index contributed by atoms with van der Waals surface area (Å²) >= 11 is 0. The molecule has 5 heteroatoms. The molecule has 1 spiro atoms. The highest BCUT2D eigenvalue weighted by Crippen LogP contribution is 2.63. The van der Waals surface area contributed by atoms with Gasteiger partial charge in [0.2, 0.25) is 0 Å². The molecule has 2 aliphatic carbocycles. The van der Waals surface area contributed by atoms with Gasteiger partial charge in [-0.25, -0.2) is 19.9 Å². The maximum absolute atomic E-state index is 5.46. The van der Waals surface area contributed by atoms with Crippen LogP contribution in [0.25, 0.3) is 95.4 Å². The van der Waals surface area contributed by atoms with Gasteiger partial charge in [-0.3, -0.25) is 4.40 Å². The fourth-order valence-corrected chi connectivity index (χ4v) is 10.3. The minimum absolute atomic E-state index is 0.493.